The lowest BCUT2D eigenvalue weighted by Crippen LogP contribution is -2.43. The van der Waals surface area contributed by atoms with Gasteiger partial charge < -0.3 is 19.8 Å². The Morgan fingerprint density at radius 3 is 2.43 bits per heavy atom. The smallest absolute Gasteiger partial charge is 0.194 e. The van der Waals surface area contributed by atoms with Gasteiger partial charge in [0.05, 0.1) is 24.9 Å². The van der Waals surface area contributed by atoms with Crippen molar-refractivity contribution in [2.24, 2.45) is 5.41 Å². The molecule has 1 saturated heterocycles. The fourth-order valence-corrected chi connectivity index (χ4v) is 5.83. The number of nitrogens with zero attached hydrogens (tertiary/aromatic N) is 2. The predicted molar refractivity (Wildman–Crippen MR) is 135 cm³/mol. The molecule has 0 amide bonds. The number of ether oxygens (including phenoxy) is 1. The fraction of sp³-hybridized carbons (Fsp3) is 0.444. The van der Waals surface area contributed by atoms with Crippen LogP contribution in [0.5, 0.6) is 5.75 Å². The topological polar surface area (TPSA) is 65.8 Å². The zero-order valence-electron chi connectivity index (χ0n) is 20.5. The van der Waals surface area contributed by atoms with Crippen molar-refractivity contribution in [1.82, 2.24) is 9.88 Å². The second kappa shape index (κ2) is 12.0. The number of benzene rings is 2. The average molecular weight is 539 g/mol. The molecule has 1 fully saturated rings. The molecule has 0 aliphatic carbocycles. The molecule has 2 aromatic carbocycles. The number of thioether (sulfide) groups is 1. The van der Waals surface area contributed by atoms with Crippen LogP contribution in [0.4, 0.5) is 17.6 Å². The first-order chi connectivity index (χ1) is 17.7. The molecule has 10 heteroatoms. The average Bonchev–Trinajstić information content (AvgIpc) is 2.90. The van der Waals surface area contributed by atoms with Gasteiger partial charge in [-0.05, 0) is 74.5 Å². The molecule has 0 spiro atoms. The van der Waals surface area contributed by atoms with Crippen LogP contribution in [0.15, 0.2) is 41.4 Å². The van der Waals surface area contributed by atoms with Crippen molar-refractivity contribution in [3.8, 4) is 5.75 Å². The number of aliphatic hydroxyl groups is 2. The summed E-state index contributed by atoms with van der Waals surface area (Å²) in [5.74, 6) is -3.33. The van der Waals surface area contributed by atoms with Gasteiger partial charge in [0.1, 0.15) is 11.6 Å². The summed E-state index contributed by atoms with van der Waals surface area (Å²) < 4.78 is 59.9. The minimum Gasteiger partial charge on any atom is -0.497 e. The third-order valence-corrected chi connectivity index (χ3v) is 8.19. The van der Waals surface area contributed by atoms with Crippen LogP contribution >= 0.6 is 11.8 Å². The molecule has 4 rings (SSSR count). The first-order valence-electron chi connectivity index (χ1n) is 12.2. The summed E-state index contributed by atoms with van der Waals surface area (Å²) in [6.07, 6.45) is 2.26. The molecule has 2 heterocycles. The van der Waals surface area contributed by atoms with Crippen LogP contribution in [-0.4, -0.2) is 59.2 Å². The van der Waals surface area contributed by atoms with Crippen LogP contribution in [0.1, 0.15) is 37.4 Å². The standard InChI is InChI=1S/C27H30F4N2O3S/c1-36-17-2-3-23-19(12-17)25(22(30)15-32-23)24(35)4-5-27(16-34)6-8-33(9-7-27)10-11-37-18-13-20(28)26(31)21(29)14-18/h2-3,12-15,24,34-35H,4-11,16H2,1H3. The number of aliphatic hydroxyl groups excluding tert-OH is 2. The van der Waals surface area contributed by atoms with Crippen molar-refractivity contribution in [3.63, 3.8) is 0 Å². The predicted octanol–water partition coefficient (Wildman–Crippen LogP) is 5.48. The molecular weight excluding hydrogens is 508 g/mol. The monoisotopic (exact) mass is 538 g/mol. The zero-order valence-corrected chi connectivity index (χ0v) is 21.3. The highest BCUT2D eigenvalue weighted by atomic mass is 32.2. The second-order valence-electron chi connectivity index (χ2n) is 9.51. The van der Waals surface area contributed by atoms with Gasteiger partial charge in [0.15, 0.2) is 17.5 Å². The summed E-state index contributed by atoms with van der Waals surface area (Å²) in [6, 6.07) is 7.10. The molecule has 1 aliphatic rings. The van der Waals surface area contributed by atoms with E-state index >= 15 is 0 Å². The highest BCUT2D eigenvalue weighted by Crippen LogP contribution is 2.39. The van der Waals surface area contributed by atoms with E-state index in [1.807, 2.05) is 0 Å². The summed E-state index contributed by atoms with van der Waals surface area (Å²) in [4.78, 5) is 6.64. The molecule has 0 radical (unpaired) electrons. The molecule has 0 saturated carbocycles. The Kier molecular flexibility index (Phi) is 8.94. The van der Waals surface area contributed by atoms with E-state index in [2.05, 4.69) is 9.88 Å². The number of pyridine rings is 1. The van der Waals surface area contributed by atoms with Crippen LogP contribution in [0.2, 0.25) is 0 Å². The lowest BCUT2D eigenvalue weighted by atomic mass is 9.74. The summed E-state index contributed by atoms with van der Waals surface area (Å²) in [6.45, 7) is 2.06. The Bertz CT molecular complexity index is 1210. The third-order valence-electron chi connectivity index (χ3n) is 7.24. The van der Waals surface area contributed by atoms with E-state index < -0.39 is 29.4 Å². The number of methoxy groups -OCH3 is 1. The van der Waals surface area contributed by atoms with E-state index in [-0.39, 0.29) is 24.0 Å². The lowest BCUT2D eigenvalue weighted by molar-refractivity contribution is 0.0251. The van der Waals surface area contributed by atoms with E-state index in [4.69, 9.17) is 4.74 Å². The number of rotatable bonds is 10. The largest absolute Gasteiger partial charge is 0.497 e. The van der Waals surface area contributed by atoms with E-state index in [0.29, 0.717) is 66.2 Å². The molecule has 1 aliphatic heterocycles. The first-order valence-corrected chi connectivity index (χ1v) is 13.1. The van der Waals surface area contributed by atoms with Gasteiger partial charge in [0, 0.05) is 34.7 Å². The van der Waals surface area contributed by atoms with Gasteiger partial charge in [-0.25, -0.2) is 17.6 Å². The van der Waals surface area contributed by atoms with Crippen molar-refractivity contribution >= 4 is 22.7 Å². The van der Waals surface area contributed by atoms with Gasteiger partial charge in [0.25, 0.3) is 0 Å². The van der Waals surface area contributed by atoms with E-state index in [1.165, 1.54) is 18.9 Å². The number of likely N-dealkylation sites (tertiary alicyclic amines) is 1. The zero-order chi connectivity index (χ0) is 26.6. The van der Waals surface area contributed by atoms with Crippen molar-refractivity contribution < 1.29 is 32.5 Å². The Balaban J connectivity index is 1.32. The molecule has 1 atom stereocenters. The number of halogens is 4. The van der Waals surface area contributed by atoms with Crippen molar-refractivity contribution in [2.75, 3.05) is 39.1 Å². The van der Waals surface area contributed by atoms with Gasteiger partial charge in [0.2, 0.25) is 0 Å². The molecule has 3 aromatic rings. The van der Waals surface area contributed by atoms with Gasteiger partial charge in [-0.15, -0.1) is 11.8 Å². The summed E-state index contributed by atoms with van der Waals surface area (Å²) in [5.41, 5.74) is 0.357. The van der Waals surface area contributed by atoms with Gasteiger partial charge in [-0.1, -0.05) is 0 Å². The van der Waals surface area contributed by atoms with Crippen molar-refractivity contribution in [1.29, 1.82) is 0 Å². The molecule has 37 heavy (non-hydrogen) atoms. The van der Waals surface area contributed by atoms with E-state index in [1.54, 1.807) is 18.2 Å². The summed E-state index contributed by atoms with van der Waals surface area (Å²) >= 11 is 1.25. The Labute approximate surface area is 217 Å². The SMILES string of the molecule is COc1ccc2ncc(F)c(C(O)CCC3(CO)CCN(CCSc4cc(F)c(F)c(F)c4)CC3)c2c1. The van der Waals surface area contributed by atoms with E-state index in [0.717, 1.165) is 18.3 Å². The maximum absolute atomic E-state index is 14.7. The quantitative estimate of drug-likeness (QED) is 0.203. The number of aromatic nitrogens is 1. The maximum atomic E-state index is 14.7. The number of piperidine rings is 1. The van der Waals surface area contributed by atoms with Crippen LogP contribution in [0.3, 0.4) is 0 Å². The van der Waals surface area contributed by atoms with Crippen LogP contribution in [-0.2, 0) is 0 Å². The van der Waals surface area contributed by atoms with Gasteiger partial charge in [-0.3, -0.25) is 4.98 Å². The molecule has 1 unspecified atom stereocenters. The lowest BCUT2D eigenvalue weighted by Gasteiger charge is -2.41. The number of hydrogen-bond acceptors (Lipinski definition) is 6. The molecule has 5 nitrogen and oxygen atoms in total. The Morgan fingerprint density at radius 2 is 1.78 bits per heavy atom. The van der Waals surface area contributed by atoms with Gasteiger partial charge >= 0.3 is 0 Å². The Hall–Kier alpha value is -2.40. The molecule has 2 N–H and O–H groups in total. The minimum atomic E-state index is -1.47. The molecular formula is C27H30F4N2O3S. The minimum absolute atomic E-state index is 0.0379. The van der Waals surface area contributed by atoms with Crippen LogP contribution in [0.25, 0.3) is 10.9 Å². The molecule has 1 aromatic heterocycles. The number of fused-ring (bicyclic) bond motifs is 1. The van der Waals surface area contributed by atoms with Crippen molar-refractivity contribution in [3.05, 3.63) is 65.4 Å². The van der Waals surface area contributed by atoms with Crippen molar-refractivity contribution in [2.45, 2.75) is 36.7 Å². The van der Waals surface area contributed by atoms with Crippen LogP contribution in [0, 0.1) is 28.7 Å². The highest BCUT2D eigenvalue weighted by Gasteiger charge is 2.34. The normalized spacial score (nSPS) is 16.7. The van der Waals surface area contributed by atoms with Gasteiger partial charge in [-0.2, -0.15) is 0 Å². The second-order valence-corrected chi connectivity index (χ2v) is 10.7. The maximum Gasteiger partial charge on any atom is 0.194 e. The third kappa shape index (κ3) is 6.37. The van der Waals surface area contributed by atoms with Crippen LogP contribution < -0.4 is 4.74 Å². The summed E-state index contributed by atoms with van der Waals surface area (Å²) in [7, 11) is 1.52. The highest BCUT2D eigenvalue weighted by molar-refractivity contribution is 7.99. The van der Waals surface area contributed by atoms with E-state index in [9.17, 15) is 27.8 Å². The number of hydrogen-bond donors (Lipinski definition) is 2. The Morgan fingerprint density at radius 1 is 1.08 bits per heavy atom. The first kappa shape index (κ1) is 27.6. The molecule has 0 bridgehead atoms. The fourth-order valence-electron chi connectivity index (χ4n) is 4.87. The summed E-state index contributed by atoms with van der Waals surface area (Å²) in [5, 5.41) is 21.7. The molecule has 200 valence electrons.